The van der Waals surface area contributed by atoms with Crippen LogP contribution in [0.2, 0.25) is 0 Å². The van der Waals surface area contributed by atoms with Gasteiger partial charge in [-0.3, -0.25) is 9.59 Å². The molecule has 0 aliphatic carbocycles. The maximum absolute atomic E-state index is 12.5. The Kier molecular flexibility index (Phi) is 4.96. The Hall–Kier alpha value is -1.88. The second kappa shape index (κ2) is 7.13. The lowest BCUT2D eigenvalue weighted by Crippen LogP contribution is -2.45. The SMILES string of the molecule is CN(CC1CCCCO1)C(=O)CN1C(=O)CCc2ccccc21. The van der Waals surface area contributed by atoms with Gasteiger partial charge in [0.25, 0.3) is 0 Å². The van der Waals surface area contributed by atoms with Gasteiger partial charge < -0.3 is 14.5 Å². The van der Waals surface area contributed by atoms with Crippen LogP contribution in [0.3, 0.4) is 0 Å². The van der Waals surface area contributed by atoms with Gasteiger partial charge in [0.05, 0.1) is 6.10 Å². The van der Waals surface area contributed by atoms with E-state index < -0.39 is 0 Å². The molecule has 0 spiro atoms. The molecule has 1 atom stereocenters. The van der Waals surface area contributed by atoms with Gasteiger partial charge in [-0.1, -0.05) is 18.2 Å². The third-order valence-electron chi connectivity index (χ3n) is 4.66. The van der Waals surface area contributed by atoms with Crippen LogP contribution in [0.4, 0.5) is 5.69 Å². The molecule has 2 aliphatic heterocycles. The Balaban J connectivity index is 1.63. The van der Waals surface area contributed by atoms with Crippen molar-refractivity contribution in [2.24, 2.45) is 0 Å². The zero-order valence-corrected chi connectivity index (χ0v) is 13.7. The highest BCUT2D eigenvalue weighted by atomic mass is 16.5. The summed E-state index contributed by atoms with van der Waals surface area (Å²) in [5, 5.41) is 0. The first-order chi connectivity index (χ1) is 11.1. The van der Waals surface area contributed by atoms with Gasteiger partial charge in [0.15, 0.2) is 0 Å². The van der Waals surface area contributed by atoms with Crippen LogP contribution in [0.15, 0.2) is 24.3 Å². The molecule has 5 nitrogen and oxygen atoms in total. The van der Waals surface area contributed by atoms with Gasteiger partial charge >= 0.3 is 0 Å². The molecule has 124 valence electrons. The molecule has 2 amide bonds. The summed E-state index contributed by atoms with van der Waals surface area (Å²) in [5.74, 6) is -0.0106. The van der Waals surface area contributed by atoms with Crippen molar-refractivity contribution >= 4 is 17.5 Å². The smallest absolute Gasteiger partial charge is 0.242 e. The van der Waals surface area contributed by atoms with Crippen LogP contribution in [0.25, 0.3) is 0 Å². The molecule has 23 heavy (non-hydrogen) atoms. The van der Waals surface area contributed by atoms with Crippen molar-refractivity contribution in [2.45, 2.75) is 38.2 Å². The van der Waals surface area contributed by atoms with Crippen molar-refractivity contribution in [3.63, 3.8) is 0 Å². The van der Waals surface area contributed by atoms with Crippen molar-refractivity contribution in [3.05, 3.63) is 29.8 Å². The van der Waals surface area contributed by atoms with E-state index in [9.17, 15) is 9.59 Å². The summed E-state index contributed by atoms with van der Waals surface area (Å²) in [6, 6.07) is 7.83. The normalized spacial score (nSPS) is 21.0. The van der Waals surface area contributed by atoms with E-state index in [1.54, 1.807) is 16.8 Å². The highest BCUT2D eigenvalue weighted by Gasteiger charge is 2.27. The second-order valence-electron chi connectivity index (χ2n) is 6.37. The Morgan fingerprint density at radius 2 is 2.13 bits per heavy atom. The summed E-state index contributed by atoms with van der Waals surface area (Å²) in [6.07, 6.45) is 4.62. The van der Waals surface area contributed by atoms with Gasteiger partial charge in [-0.2, -0.15) is 0 Å². The summed E-state index contributed by atoms with van der Waals surface area (Å²) >= 11 is 0. The van der Waals surface area contributed by atoms with E-state index in [0.717, 1.165) is 43.5 Å². The Morgan fingerprint density at radius 1 is 1.30 bits per heavy atom. The summed E-state index contributed by atoms with van der Waals surface area (Å²) < 4.78 is 5.69. The molecule has 3 rings (SSSR count). The number of carbonyl (C=O) groups excluding carboxylic acids is 2. The fourth-order valence-corrected chi connectivity index (χ4v) is 3.28. The van der Waals surface area contributed by atoms with Crippen molar-refractivity contribution < 1.29 is 14.3 Å². The number of likely N-dealkylation sites (N-methyl/N-ethyl adjacent to an activating group) is 1. The second-order valence-corrected chi connectivity index (χ2v) is 6.37. The zero-order valence-electron chi connectivity index (χ0n) is 13.7. The van der Waals surface area contributed by atoms with E-state index in [2.05, 4.69) is 0 Å². The van der Waals surface area contributed by atoms with Crippen LogP contribution in [0.5, 0.6) is 0 Å². The number of aryl methyl sites for hydroxylation is 1. The number of hydrogen-bond acceptors (Lipinski definition) is 3. The quantitative estimate of drug-likeness (QED) is 0.853. The number of carbonyl (C=O) groups is 2. The van der Waals surface area contributed by atoms with Crippen molar-refractivity contribution in [3.8, 4) is 0 Å². The first-order valence-corrected chi connectivity index (χ1v) is 8.39. The third-order valence-corrected chi connectivity index (χ3v) is 4.66. The maximum Gasteiger partial charge on any atom is 0.242 e. The predicted molar refractivity (Wildman–Crippen MR) is 88.3 cm³/mol. The van der Waals surface area contributed by atoms with Crippen molar-refractivity contribution in [1.29, 1.82) is 0 Å². The Labute approximate surface area is 137 Å². The largest absolute Gasteiger partial charge is 0.376 e. The van der Waals surface area contributed by atoms with Gasteiger partial charge in [0, 0.05) is 32.3 Å². The van der Waals surface area contributed by atoms with Gasteiger partial charge in [0.2, 0.25) is 11.8 Å². The van der Waals surface area contributed by atoms with E-state index in [1.165, 1.54) is 0 Å². The average Bonchev–Trinajstić information content (AvgIpc) is 2.58. The molecule has 5 heteroatoms. The first-order valence-electron chi connectivity index (χ1n) is 8.39. The monoisotopic (exact) mass is 316 g/mol. The van der Waals surface area contributed by atoms with E-state index in [0.29, 0.717) is 13.0 Å². The number of rotatable bonds is 4. The van der Waals surface area contributed by atoms with E-state index >= 15 is 0 Å². The molecule has 0 aromatic heterocycles. The van der Waals surface area contributed by atoms with Crippen molar-refractivity contribution in [2.75, 3.05) is 31.6 Å². The van der Waals surface area contributed by atoms with Crippen LogP contribution in [-0.2, 0) is 20.7 Å². The minimum Gasteiger partial charge on any atom is -0.376 e. The number of anilines is 1. The topological polar surface area (TPSA) is 49.9 Å². The molecule has 0 radical (unpaired) electrons. The highest BCUT2D eigenvalue weighted by molar-refractivity contribution is 6.00. The lowest BCUT2D eigenvalue weighted by Gasteiger charge is -2.32. The molecule has 1 fully saturated rings. The standard InChI is InChI=1S/C18H24N2O3/c1-19(12-15-7-4-5-11-23-15)18(22)13-20-16-8-3-2-6-14(16)9-10-17(20)21/h2-3,6,8,15H,4-5,7,9-13H2,1H3. The number of para-hydroxylation sites is 1. The number of nitrogens with zero attached hydrogens (tertiary/aromatic N) is 2. The molecule has 1 unspecified atom stereocenters. The number of hydrogen-bond donors (Lipinski definition) is 0. The maximum atomic E-state index is 12.5. The minimum absolute atomic E-state index is 0.0272. The van der Waals surface area contributed by atoms with Crippen LogP contribution in [-0.4, -0.2) is 49.6 Å². The average molecular weight is 316 g/mol. The Bertz CT molecular complexity index is 581. The number of ether oxygens (including phenoxy) is 1. The molecule has 0 saturated carbocycles. The molecule has 1 aromatic rings. The molecule has 0 N–H and O–H groups in total. The predicted octanol–water partition coefficient (Wildman–Crippen LogP) is 1.99. The molecule has 1 aromatic carbocycles. The fourth-order valence-electron chi connectivity index (χ4n) is 3.28. The van der Waals surface area contributed by atoms with Crippen LogP contribution in [0, 0.1) is 0 Å². The van der Waals surface area contributed by atoms with Gasteiger partial charge in [0.1, 0.15) is 6.54 Å². The summed E-state index contributed by atoms with van der Waals surface area (Å²) in [6.45, 7) is 1.49. The van der Waals surface area contributed by atoms with Crippen molar-refractivity contribution in [1.82, 2.24) is 4.90 Å². The number of benzene rings is 1. The highest BCUT2D eigenvalue weighted by Crippen LogP contribution is 2.27. The fraction of sp³-hybridized carbons (Fsp3) is 0.556. The minimum atomic E-state index is -0.0378. The van der Waals surface area contributed by atoms with Gasteiger partial charge in [-0.05, 0) is 37.3 Å². The number of amides is 2. The molecular formula is C18H24N2O3. The summed E-state index contributed by atoms with van der Waals surface area (Å²) in [5.41, 5.74) is 2.01. The van der Waals surface area contributed by atoms with E-state index in [1.807, 2.05) is 24.3 Å². The molecule has 1 saturated heterocycles. The lowest BCUT2D eigenvalue weighted by molar-refractivity contribution is -0.132. The van der Waals surface area contributed by atoms with Crippen LogP contribution < -0.4 is 4.90 Å². The Morgan fingerprint density at radius 3 is 2.91 bits per heavy atom. The molecule has 2 heterocycles. The van der Waals surface area contributed by atoms with Gasteiger partial charge in [-0.25, -0.2) is 0 Å². The molecule has 2 aliphatic rings. The third kappa shape index (κ3) is 3.72. The van der Waals surface area contributed by atoms with E-state index in [-0.39, 0.29) is 24.5 Å². The lowest BCUT2D eigenvalue weighted by atomic mass is 10.0. The first kappa shape index (κ1) is 16.0. The molecule has 0 bridgehead atoms. The van der Waals surface area contributed by atoms with Gasteiger partial charge in [-0.15, -0.1) is 0 Å². The summed E-state index contributed by atoms with van der Waals surface area (Å²) in [7, 11) is 1.79. The van der Waals surface area contributed by atoms with Crippen LogP contribution in [0.1, 0.15) is 31.2 Å². The number of fused-ring (bicyclic) bond motifs is 1. The zero-order chi connectivity index (χ0) is 16.2. The summed E-state index contributed by atoms with van der Waals surface area (Å²) in [4.78, 5) is 28.1. The molecular weight excluding hydrogens is 292 g/mol. The van der Waals surface area contributed by atoms with Crippen LogP contribution >= 0.6 is 0 Å². The van der Waals surface area contributed by atoms with E-state index in [4.69, 9.17) is 4.74 Å².